The van der Waals surface area contributed by atoms with Crippen LogP contribution in [-0.2, 0) is 16.4 Å². The van der Waals surface area contributed by atoms with Gasteiger partial charge in [0.05, 0.1) is 33.1 Å². The quantitative estimate of drug-likeness (QED) is 0.429. The molecule has 1 aliphatic heterocycles. The largest absolute Gasteiger partial charge is 0.474 e. The van der Waals surface area contributed by atoms with Crippen molar-refractivity contribution in [1.82, 2.24) is 9.88 Å². The standard InChI is InChI=1S/C25H25Cl2N3O4S/c1-16-6-4-7-19(10-16)35(32,33)30-14-18(29(2)3)15-34-25-22(30)11-17(13-28-25)12-23(31)24-20(26)8-5-9-21(24)27/h4-11,13,18H,12,14-15H2,1-3H3. The highest BCUT2D eigenvalue weighted by molar-refractivity contribution is 7.92. The van der Waals surface area contributed by atoms with E-state index in [0.717, 1.165) is 5.56 Å². The third kappa shape index (κ3) is 5.30. The predicted octanol–water partition coefficient (Wildman–Crippen LogP) is 4.64. The summed E-state index contributed by atoms with van der Waals surface area (Å²) in [7, 11) is -0.204. The van der Waals surface area contributed by atoms with Crippen LogP contribution >= 0.6 is 23.2 Å². The topological polar surface area (TPSA) is 79.8 Å². The van der Waals surface area contributed by atoms with Gasteiger partial charge in [-0.15, -0.1) is 0 Å². The van der Waals surface area contributed by atoms with E-state index in [9.17, 15) is 13.2 Å². The third-order valence-electron chi connectivity index (χ3n) is 5.86. The number of fused-ring (bicyclic) bond motifs is 1. The Balaban J connectivity index is 1.77. The van der Waals surface area contributed by atoms with Gasteiger partial charge in [-0.1, -0.05) is 41.4 Å². The van der Waals surface area contributed by atoms with Crippen molar-refractivity contribution in [2.45, 2.75) is 24.3 Å². The highest BCUT2D eigenvalue weighted by Crippen LogP contribution is 2.35. The number of ether oxygens (including phenoxy) is 1. The van der Waals surface area contributed by atoms with Crippen molar-refractivity contribution in [3.05, 3.63) is 81.5 Å². The summed E-state index contributed by atoms with van der Waals surface area (Å²) in [5.74, 6) is -0.103. The number of anilines is 1. The van der Waals surface area contributed by atoms with E-state index in [1.165, 1.54) is 10.5 Å². The number of aryl methyl sites for hydroxylation is 1. The van der Waals surface area contributed by atoms with Crippen LogP contribution in [0.5, 0.6) is 5.88 Å². The molecule has 0 saturated carbocycles. The van der Waals surface area contributed by atoms with Crippen LogP contribution in [0.4, 0.5) is 5.69 Å². The van der Waals surface area contributed by atoms with Crippen LogP contribution in [0.3, 0.4) is 0 Å². The Morgan fingerprint density at radius 2 is 1.83 bits per heavy atom. The highest BCUT2D eigenvalue weighted by atomic mass is 35.5. The number of carbonyl (C=O) groups excluding carboxylic acids is 1. The minimum absolute atomic E-state index is 0.0564. The van der Waals surface area contributed by atoms with E-state index >= 15 is 0 Å². The van der Waals surface area contributed by atoms with Gasteiger partial charge >= 0.3 is 0 Å². The molecule has 2 aromatic carbocycles. The average Bonchev–Trinajstić information content (AvgIpc) is 2.99. The first kappa shape index (κ1) is 25.4. The fraction of sp³-hybridized carbons (Fsp3) is 0.280. The van der Waals surface area contributed by atoms with E-state index in [1.54, 1.807) is 42.5 Å². The summed E-state index contributed by atoms with van der Waals surface area (Å²) in [4.78, 5) is 19.5. The number of ketones is 1. The van der Waals surface area contributed by atoms with Gasteiger partial charge in [-0.05, 0) is 62.5 Å². The number of rotatable bonds is 6. The molecule has 3 aromatic rings. The first-order valence-corrected chi connectivity index (χ1v) is 13.1. The van der Waals surface area contributed by atoms with Crippen molar-refractivity contribution in [2.75, 3.05) is 31.6 Å². The lowest BCUT2D eigenvalue weighted by molar-refractivity contribution is 0.0993. The van der Waals surface area contributed by atoms with Crippen molar-refractivity contribution >= 4 is 44.7 Å². The number of aromatic nitrogens is 1. The van der Waals surface area contributed by atoms with E-state index in [-0.39, 0.29) is 63.5 Å². The Morgan fingerprint density at radius 1 is 1.14 bits per heavy atom. The highest BCUT2D eigenvalue weighted by Gasteiger charge is 2.34. The number of likely N-dealkylation sites (N-methyl/N-ethyl adjacent to an activating group) is 1. The molecule has 0 N–H and O–H groups in total. The molecule has 184 valence electrons. The lowest BCUT2D eigenvalue weighted by atomic mass is 10.0. The maximum atomic E-state index is 13.8. The number of benzene rings is 2. The number of hydrogen-bond donors (Lipinski definition) is 0. The number of hydrogen-bond acceptors (Lipinski definition) is 6. The molecule has 1 aromatic heterocycles. The zero-order valence-electron chi connectivity index (χ0n) is 19.5. The zero-order chi connectivity index (χ0) is 25.3. The summed E-state index contributed by atoms with van der Waals surface area (Å²) in [6, 6.07) is 13.0. The number of pyridine rings is 1. The molecule has 0 bridgehead atoms. The normalized spacial score (nSPS) is 15.9. The van der Waals surface area contributed by atoms with Gasteiger partial charge in [0.15, 0.2) is 5.78 Å². The molecule has 1 atom stereocenters. The summed E-state index contributed by atoms with van der Waals surface area (Å²) in [6.45, 7) is 2.26. The minimum Gasteiger partial charge on any atom is -0.474 e. The maximum Gasteiger partial charge on any atom is 0.264 e. The van der Waals surface area contributed by atoms with Crippen molar-refractivity contribution in [1.29, 1.82) is 0 Å². The van der Waals surface area contributed by atoms with Gasteiger partial charge < -0.3 is 9.64 Å². The van der Waals surface area contributed by atoms with Crippen molar-refractivity contribution < 1.29 is 17.9 Å². The van der Waals surface area contributed by atoms with Crippen molar-refractivity contribution in [3.8, 4) is 5.88 Å². The van der Waals surface area contributed by atoms with E-state index in [1.807, 2.05) is 32.0 Å². The van der Waals surface area contributed by atoms with Crippen LogP contribution in [0.1, 0.15) is 21.5 Å². The van der Waals surface area contributed by atoms with Crippen LogP contribution in [0.25, 0.3) is 0 Å². The number of Topliss-reactive ketones (excluding diaryl/α,β-unsaturated/α-hetero) is 1. The van der Waals surface area contributed by atoms with E-state index < -0.39 is 10.0 Å². The lowest BCUT2D eigenvalue weighted by Crippen LogP contribution is -2.44. The molecule has 0 fully saturated rings. The van der Waals surface area contributed by atoms with Crippen LogP contribution in [-0.4, -0.2) is 57.4 Å². The Hall–Kier alpha value is -2.65. The number of nitrogens with zero attached hydrogens (tertiary/aromatic N) is 3. The average molecular weight is 534 g/mol. The molecule has 0 radical (unpaired) electrons. The molecule has 4 rings (SSSR count). The fourth-order valence-corrected chi connectivity index (χ4v) is 6.07. The van der Waals surface area contributed by atoms with Crippen LogP contribution in [0.15, 0.2) is 59.6 Å². The fourth-order valence-electron chi connectivity index (χ4n) is 3.87. The molecule has 0 amide bonds. The Morgan fingerprint density at radius 3 is 2.49 bits per heavy atom. The maximum absolute atomic E-state index is 13.8. The molecule has 7 nitrogen and oxygen atoms in total. The van der Waals surface area contributed by atoms with Crippen LogP contribution < -0.4 is 9.04 Å². The van der Waals surface area contributed by atoms with Crippen molar-refractivity contribution in [2.24, 2.45) is 0 Å². The summed E-state index contributed by atoms with van der Waals surface area (Å²) in [6.07, 6.45) is 1.45. The minimum atomic E-state index is -3.94. The Bertz CT molecular complexity index is 1360. The molecule has 0 aliphatic carbocycles. The van der Waals surface area contributed by atoms with Gasteiger partial charge in [-0.2, -0.15) is 0 Å². The Kier molecular flexibility index (Phi) is 7.38. The van der Waals surface area contributed by atoms with Gasteiger partial charge in [0.2, 0.25) is 5.88 Å². The van der Waals surface area contributed by atoms with Gasteiger partial charge in [-0.25, -0.2) is 13.4 Å². The van der Waals surface area contributed by atoms with Crippen LogP contribution in [0, 0.1) is 6.92 Å². The molecule has 2 heterocycles. The monoisotopic (exact) mass is 533 g/mol. The Labute approximate surface area is 215 Å². The predicted molar refractivity (Wildman–Crippen MR) is 137 cm³/mol. The van der Waals surface area contributed by atoms with Gasteiger partial charge in [0.25, 0.3) is 10.0 Å². The molecule has 0 spiro atoms. The molecule has 35 heavy (non-hydrogen) atoms. The molecule has 1 unspecified atom stereocenters. The SMILES string of the molecule is Cc1cccc(S(=O)(=O)N2CC(N(C)C)COc3ncc(CC(=O)c4c(Cl)cccc4Cl)cc32)c1. The van der Waals surface area contributed by atoms with Gasteiger partial charge in [0.1, 0.15) is 12.3 Å². The van der Waals surface area contributed by atoms with E-state index in [0.29, 0.717) is 5.56 Å². The number of carbonyl (C=O) groups is 1. The first-order chi connectivity index (χ1) is 16.6. The summed E-state index contributed by atoms with van der Waals surface area (Å²) < 4.78 is 34.8. The van der Waals surface area contributed by atoms with Gasteiger partial charge in [0, 0.05) is 12.6 Å². The van der Waals surface area contributed by atoms with E-state index in [4.69, 9.17) is 27.9 Å². The summed E-state index contributed by atoms with van der Waals surface area (Å²) >= 11 is 12.4. The zero-order valence-corrected chi connectivity index (χ0v) is 21.9. The smallest absolute Gasteiger partial charge is 0.264 e. The molecular weight excluding hydrogens is 509 g/mol. The lowest BCUT2D eigenvalue weighted by Gasteiger charge is -2.28. The number of halogens is 2. The third-order valence-corrected chi connectivity index (χ3v) is 8.27. The van der Waals surface area contributed by atoms with E-state index in [2.05, 4.69) is 4.98 Å². The van der Waals surface area contributed by atoms with Crippen LogP contribution in [0.2, 0.25) is 10.0 Å². The molecule has 0 saturated heterocycles. The summed E-state index contributed by atoms with van der Waals surface area (Å²) in [5.41, 5.74) is 1.85. The second-order valence-electron chi connectivity index (χ2n) is 8.65. The number of sulfonamides is 1. The second-order valence-corrected chi connectivity index (χ2v) is 11.3. The molecular formula is C25H25Cl2N3O4S. The summed E-state index contributed by atoms with van der Waals surface area (Å²) in [5, 5.41) is 0.511. The second kappa shape index (κ2) is 10.1. The molecule has 10 heteroatoms. The van der Waals surface area contributed by atoms with Crippen molar-refractivity contribution in [3.63, 3.8) is 0 Å². The van der Waals surface area contributed by atoms with Gasteiger partial charge in [-0.3, -0.25) is 9.10 Å². The molecule has 1 aliphatic rings. The first-order valence-electron chi connectivity index (χ1n) is 10.9.